The zero-order chi connectivity index (χ0) is 55.6. The van der Waals surface area contributed by atoms with Gasteiger partial charge in [-0.15, -0.1) is 0 Å². The van der Waals surface area contributed by atoms with Crippen molar-refractivity contribution in [2.24, 2.45) is 0 Å². The molecule has 0 amide bonds. The summed E-state index contributed by atoms with van der Waals surface area (Å²) < 4.78 is 34.2. The summed E-state index contributed by atoms with van der Waals surface area (Å²) >= 11 is 0. The standard InChI is InChI=1S/C66H116NO8P/c1-6-8-10-12-14-16-18-20-22-24-26-28-29-30-31-32-33-34-35-36-37-39-41-43-45-47-49-51-53-55-57-59-66(69)75-64(63-74-76(70,71)73-61-60-67(3,4)5)62-72-65(68)58-56-54-52-50-48-46-44-42-40-38-27-25-23-21-19-17-15-13-11-9-7-2/h8,10,14,16,19-22,25-28,30-31,40,42,64H,6-7,9,11-13,15,17-18,23-24,29,32-39,41,43-63H2,1-5H3/b10-8-,16-14-,21-19-,22-20-,27-25-,28-26-,31-30-,42-40-. The summed E-state index contributed by atoms with van der Waals surface area (Å²) in [5.74, 6) is -0.847. The lowest BCUT2D eigenvalue weighted by Crippen LogP contribution is -2.37. The summed E-state index contributed by atoms with van der Waals surface area (Å²) in [6, 6.07) is 0. The lowest BCUT2D eigenvalue weighted by atomic mass is 10.0. The first-order valence-corrected chi connectivity index (χ1v) is 32.4. The van der Waals surface area contributed by atoms with Crippen molar-refractivity contribution in [3.8, 4) is 0 Å². The summed E-state index contributed by atoms with van der Waals surface area (Å²) in [6.07, 6.45) is 77.4. The Balaban J connectivity index is 4.13. The number of nitrogens with zero attached hydrogens (tertiary/aromatic N) is 1. The number of quaternary nitrogens is 1. The normalized spacial score (nSPS) is 13.9. The Hall–Kier alpha value is -3.07. The van der Waals surface area contributed by atoms with Gasteiger partial charge in [-0.3, -0.25) is 14.2 Å². The maximum Gasteiger partial charge on any atom is 0.306 e. The molecule has 0 aromatic carbocycles. The van der Waals surface area contributed by atoms with E-state index in [0.717, 1.165) is 89.9 Å². The van der Waals surface area contributed by atoms with Crippen molar-refractivity contribution in [3.05, 3.63) is 97.2 Å². The molecule has 0 N–H and O–H groups in total. The van der Waals surface area contributed by atoms with E-state index in [0.29, 0.717) is 23.9 Å². The number of phosphoric ester groups is 1. The van der Waals surface area contributed by atoms with Crippen LogP contribution in [0.2, 0.25) is 0 Å². The van der Waals surface area contributed by atoms with Gasteiger partial charge in [-0.25, -0.2) is 0 Å². The average Bonchev–Trinajstić information content (AvgIpc) is 3.38. The SMILES string of the molecule is CC/C=C\C/C=C\C/C=C\C/C=C\C/C=C\CCCCCCCCCCCCCCCCCC(=O)OC(COC(=O)CCCCCCCC/C=C\C/C=C\C/C=C\CCCCCCC)COP(=O)([O-])OCC[N+](C)(C)C. The van der Waals surface area contributed by atoms with E-state index in [4.69, 9.17) is 18.5 Å². The second kappa shape index (κ2) is 56.6. The fourth-order valence-electron chi connectivity index (χ4n) is 8.34. The second-order valence-corrected chi connectivity index (χ2v) is 23.1. The van der Waals surface area contributed by atoms with E-state index in [1.54, 1.807) is 0 Å². The molecular formula is C66H116NO8P. The van der Waals surface area contributed by atoms with Crippen LogP contribution in [0.15, 0.2) is 97.2 Å². The van der Waals surface area contributed by atoms with Gasteiger partial charge >= 0.3 is 11.9 Å². The molecule has 76 heavy (non-hydrogen) atoms. The fraction of sp³-hybridized carbons (Fsp3) is 0.727. The van der Waals surface area contributed by atoms with Crippen LogP contribution in [0.5, 0.6) is 0 Å². The van der Waals surface area contributed by atoms with Crippen molar-refractivity contribution in [2.45, 2.75) is 264 Å². The number of ether oxygens (including phenoxy) is 2. The first-order valence-electron chi connectivity index (χ1n) is 30.9. The van der Waals surface area contributed by atoms with Gasteiger partial charge in [0, 0.05) is 12.8 Å². The topological polar surface area (TPSA) is 111 Å². The number of hydrogen-bond donors (Lipinski definition) is 0. The molecule has 0 spiro atoms. The number of phosphoric acid groups is 1. The van der Waals surface area contributed by atoms with Crippen LogP contribution in [-0.2, 0) is 32.7 Å². The van der Waals surface area contributed by atoms with Gasteiger partial charge < -0.3 is 27.9 Å². The molecule has 0 heterocycles. The quantitative estimate of drug-likeness (QED) is 0.0195. The van der Waals surface area contributed by atoms with Gasteiger partial charge in [0.05, 0.1) is 27.7 Å². The predicted octanol–water partition coefficient (Wildman–Crippen LogP) is 19.0. The fourth-order valence-corrected chi connectivity index (χ4v) is 9.07. The molecule has 0 saturated heterocycles. The van der Waals surface area contributed by atoms with Gasteiger partial charge in [-0.2, -0.15) is 0 Å². The number of hydrogen-bond acceptors (Lipinski definition) is 8. The highest BCUT2D eigenvalue weighted by molar-refractivity contribution is 7.45. The molecule has 0 fully saturated rings. The van der Waals surface area contributed by atoms with Crippen molar-refractivity contribution in [3.63, 3.8) is 0 Å². The summed E-state index contributed by atoms with van der Waals surface area (Å²) in [7, 11) is 1.15. The van der Waals surface area contributed by atoms with E-state index in [2.05, 4.69) is 111 Å². The van der Waals surface area contributed by atoms with E-state index in [-0.39, 0.29) is 26.1 Å². The molecule has 9 nitrogen and oxygen atoms in total. The van der Waals surface area contributed by atoms with E-state index in [1.807, 2.05) is 21.1 Å². The molecule has 2 unspecified atom stereocenters. The minimum absolute atomic E-state index is 0.0366. The Morgan fingerprint density at radius 3 is 1.12 bits per heavy atom. The molecule has 438 valence electrons. The molecule has 2 atom stereocenters. The number of carbonyl (C=O) groups is 2. The van der Waals surface area contributed by atoms with Crippen molar-refractivity contribution < 1.29 is 42.1 Å². The van der Waals surface area contributed by atoms with E-state index in [1.165, 1.54) is 128 Å². The summed E-state index contributed by atoms with van der Waals surface area (Å²) in [4.78, 5) is 37.9. The molecule has 0 saturated carbocycles. The second-order valence-electron chi connectivity index (χ2n) is 21.7. The Labute approximate surface area is 468 Å². The molecular weight excluding hydrogens is 966 g/mol. The maximum atomic E-state index is 12.8. The van der Waals surface area contributed by atoms with Crippen LogP contribution < -0.4 is 4.89 Å². The van der Waals surface area contributed by atoms with Gasteiger partial charge in [0.25, 0.3) is 7.82 Å². The van der Waals surface area contributed by atoms with E-state index in [9.17, 15) is 19.0 Å². The summed E-state index contributed by atoms with van der Waals surface area (Å²) in [5.41, 5.74) is 0. The van der Waals surface area contributed by atoms with Gasteiger partial charge in [0.2, 0.25) is 0 Å². The molecule has 0 aliphatic heterocycles. The van der Waals surface area contributed by atoms with Gasteiger partial charge in [0.1, 0.15) is 19.8 Å². The highest BCUT2D eigenvalue weighted by atomic mass is 31.2. The third-order valence-corrected chi connectivity index (χ3v) is 14.1. The predicted molar refractivity (Wildman–Crippen MR) is 323 cm³/mol. The highest BCUT2D eigenvalue weighted by Gasteiger charge is 2.22. The first kappa shape index (κ1) is 72.9. The van der Waals surface area contributed by atoms with Gasteiger partial charge in [0.15, 0.2) is 6.10 Å². The number of carbonyl (C=O) groups excluding carboxylic acids is 2. The Bertz CT molecular complexity index is 1600. The van der Waals surface area contributed by atoms with Crippen LogP contribution in [0, 0.1) is 0 Å². The molecule has 0 radical (unpaired) electrons. The van der Waals surface area contributed by atoms with Crippen LogP contribution in [0.25, 0.3) is 0 Å². The van der Waals surface area contributed by atoms with Crippen molar-refractivity contribution in [1.82, 2.24) is 0 Å². The van der Waals surface area contributed by atoms with Crippen LogP contribution in [0.3, 0.4) is 0 Å². The molecule has 0 aromatic rings. The number of likely N-dealkylation sites (N-methyl/N-ethyl adjacent to an activating group) is 1. The maximum absolute atomic E-state index is 12.8. The van der Waals surface area contributed by atoms with Crippen molar-refractivity contribution in [1.29, 1.82) is 0 Å². The Kier molecular flexibility index (Phi) is 54.4. The molecule has 0 aliphatic carbocycles. The largest absolute Gasteiger partial charge is 0.756 e. The Morgan fingerprint density at radius 2 is 0.750 bits per heavy atom. The van der Waals surface area contributed by atoms with Crippen LogP contribution in [0.4, 0.5) is 0 Å². The van der Waals surface area contributed by atoms with Crippen molar-refractivity contribution in [2.75, 3.05) is 47.5 Å². The Morgan fingerprint density at radius 1 is 0.421 bits per heavy atom. The van der Waals surface area contributed by atoms with Crippen molar-refractivity contribution >= 4 is 19.8 Å². The number of allylic oxidation sites excluding steroid dienone is 16. The molecule has 0 aromatic heterocycles. The van der Waals surface area contributed by atoms with Crippen LogP contribution >= 0.6 is 7.82 Å². The average molecular weight is 1080 g/mol. The smallest absolute Gasteiger partial charge is 0.306 e. The summed E-state index contributed by atoms with van der Waals surface area (Å²) in [5, 5.41) is 0. The molecule has 0 aliphatic rings. The lowest BCUT2D eigenvalue weighted by Gasteiger charge is -2.28. The minimum Gasteiger partial charge on any atom is -0.756 e. The first-order chi connectivity index (χ1) is 37.0. The number of esters is 2. The summed E-state index contributed by atoms with van der Waals surface area (Å²) in [6.45, 7) is 4.11. The zero-order valence-corrected chi connectivity index (χ0v) is 50.6. The molecule has 0 rings (SSSR count). The number of rotatable bonds is 56. The van der Waals surface area contributed by atoms with E-state index < -0.39 is 32.5 Å². The monoisotopic (exact) mass is 1080 g/mol. The third-order valence-electron chi connectivity index (χ3n) is 13.1. The minimum atomic E-state index is -4.65. The zero-order valence-electron chi connectivity index (χ0n) is 49.7. The van der Waals surface area contributed by atoms with Crippen LogP contribution in [0.1, 0.15) is 258 Å². The highest BCUT2D eigenvalue weighted by Crippen LogP contribution is 2.38. The van der Waals surface area contributed by atoms with Gasteiger partial charge in [-0.05, 0) is 96.3 Å². The van der Waals surface area contributed by atoms with E-state index >= 15 is 0 Å². The lowest BCUT2D eigenvalue weighted by molar-refractivity contribution is -0.870. The number of unbranched alkanes of at least 4 members (excludes halogenated alkanes) is 26. The van der Waals surface area contributed by atoms with Gasteiger partial charge in [-0.1, -0.05) is 246 Å². The van der Waals surface area contributed by atoms with Crippen LogP contribution in [-0.4, -0.2) is 70.0 Å². The molecule has 10 heteroatoms. The third kappa shape index (κ3) is 60.2. The molecule has 0 bridgehead atoms.